The van der Waals surface area contributed by atoms with E-state index in [0.29, 0.717) is 38.4 Å². The van der Waals surface area contributed by atoms with Gasteiger partial charge in [-0.3, -0.25) is 14.4 Å². The Hall–Kier alpha value is -5.62. The summed E-state index contributed by atoms with van der Waals surface area (Å²) in [7, 11) is 0. The molecule has 11 heteroatoms. The zero-order chi connectivity index (χ0) is 45.4. The van der Waals surface area contributed by atoms with Crippen LogP contribution in [-0.2, 0) is 32.1 Å². The van der Waals surface area contributed by atoms with Gasteiger partial charge in [-0.2, -0.15) is 0 Å². The summed E-state index contributed by atoms with van der Waals surface area (Å²) < 4.78 is 5.63. The second-order valence-electron chi connectivity index (χ2n) is 17.0. The molecule has 0 N–H and O–H groups in total. The minimum Gasteiger partial charge on any atom is -0.381 e. The van der Waals surface area contributed by atoms with E-state index in [4.69, 9.17) is 14.7 Å². The molecular formula is C54H61N5O4S2. The van der Waals surface area contributed by atoms with Crippen molar-refractivity contribution >= 4 is 46.6 Å². The van der Waals surface area contributed by atoms with Gasteiger partial charge in [0.25, 0.3) is 0 Å². The second-order valence-corrected chi connectivity index (χ2v) is 19.1. The van der Waals surface area contributed by atoms with Crippen LogP contribution in [0.1, 0.15) is 105 Å². The first-order valence-electron chi connectivity index (χ1n) is 23.2. The Kier molecular flexibility index (Phi) is 17.5. The van der Waals surface area contributed by atoms with Gasteiger partial charge in [0.15, 0.2) is 0 Å². The third-order valence-electron chi connectivity index (χ3n) is 11.9. The lowest BCUT2D eigenvalue weighted by atomic mass is 9.98. The molecular weight excluding hydrogens is 847 g/mol. The van der Waals surface area contributed by atoms with E-state index >= 15 is 0 Å². The van der Waals surface area contributed by atoms with Crippen LogP contribution in [0.25, 0.3) is 32.0 Å². The van der Waals surface area contributed by atoms with Crippen LogP contribution < -0.4 is 0 Å². The summed E-state index contributed by atoms with van der Waals surface area (Å²) in [6.07, 6.45) is 12.5. The van der Waals surface area contributed by atoms with Gasteiger partial charge in [-0.15, -0.1) is 22.7 Å². The van der Waals surface area contributed by atoms with Crippen molar-refractivity contribution < 1.29 is 19.1 Å². The monoisotopic (exact) mass is 907 g/mol. The molecule has 1 aliphatic rings. The van der Waals surface area contributed by atoms with E-state index in [2.05, 4.69) is 74.3 Å². The van der Waals surface area contributed by atoms with Crippen LogP contribution in [0, 0.1) is 5.92 Å². The predicted molar refractivity (Wildman–Crippen MR) is 265 cm³/mol. The van der Waals surface area contributed by atoms with E-state index in [1.165, 1.54) is 0 Å². The Morgan fingerprint density at radius 1 is 0.800 bits per heavy atom. The highest BCUT2D eigenvalue weighted by Gasteiger charge is 2.36. The molecule has 0 bridgehead atoms. The van der Waals surface area contributed by atoms with E-state index in [-0.39, 0.29) is 23.8 Å². The SMILES string of the molecule is CCCOCCC(C)CCCC(=O)/N=C/C(C(=O)N1CCC[C@H]1c1ncc(-c2ccc(-c3ccc(-c4cnc(CN(CCC)C(=O)Cc5ccccc5)s4)cc3)cc2)s1)c1ccccc1. The number of amides is 3. The fourth-order valence-corrected chi connectivity index (χ4v) is 10.3. The molecule has 0 spiro atoms. The van der Waals surface area contributed by atoms with Crippen molar-refractivity contribution in [3.63, 3.8) is 0 Å². The highest BCUT2D eigenvalue weighted by Crippen LogP contribution is 2.39. The number of benzene rings is 4. The number of ether oxygens (including phenoxy) is 1. The molecule has 338 valence electrons. The fraction of sp³-hybridized carbons (Fsp3) is 0.370. The molecule has 3 heterocycles. The van der Waals surface area contributed by atoms with Crippen LogP contribution in [0.5, 0.6) is 0 Å². The molecule has 6 aromatic rings. The van der Waals surface area contributed by atoms with Crippen molar-refractivity contribution in [3.05, 3.63) is 143 Å². The van der Waals surface area contributed by atoms with E-state index in [9.17, 15) is 14.4 Å². The summed E-state index contributed by atoms with van der Waals surface area (Å²) in [5.41, 5.74) is 6.25. The average molecular weight is 908 g/mol. The molecule has 1 fully saturated rings. The summed E-state index contributed by atoms with van der Waals surface area (Å²) in [6, 6.07) is 36.5. The first-order chi connectivity index (χ1) is 31.8. The lowest BCUT2D eigenvalue weighted by molar-refractivity contribution is -0.132. The van der Waals surface area contributed by atoms with Crippen molar-refractivity contribution in [1.82, 2.24) is 19.8 Å². The second kappa shape index (κ2) is 24.1. The lowest BCUT2D eigenvalue weighted by Gasteiger charge is -2.26. The number of carbonyl (C=O) groups excluding carboxylic acids is 3. The van der Waals surface area contributed by atoms with E-state index in [0.717, 1.165) is 111 Å². The number of hydrogen-bond acceptors (Lipinski definition) is 8. The number of likely N-dealkylation sites (tertiary alicyclic amines) is 1. The van der Waals surface area contributed by atoms with E-state index < -0.39 is 5.92 Å². The molecule has 9 nitrogen and oxygen atoms in total. The topological polar surface area (TPSA) is 105 Å². The maximum absolute atomic E-state index is 14.4. The number of nitrogens with zero attached hydrogens (tertiary/aromatic N) is 5. The first kappa shape index (κ1) is 47.3. The maximum atomic E-state index is 14.4. The molecule has 3 atom stereocenters. The molecule has 0 saturated carbocycles. The molecule has 1 saturated heterocycles. The van der Waals surface area contributed by atoms with Gasteiger partial charge in [-0.1, -0.05) is 136 Å². The lowest BCUT2D eigenvalue weighted by Crippen LogP contribution is -2.35. The number of aromatic nitrogens is 2. The Bertz CT molecular complexity index is 2450. The normalized spacial score (nSPS) is 14.8. The Morgan fingerprint density at radius 2 is 1.45 bits per heavy atom. The van der Waals surface area contributed by atoms with Crippen LogP contribution in [0.4, 0.5) is 0 Å². The maximum Gasteiger partial charge on any atom is 0.245 e. The molecule has 1 aliphatic heterocycles. The highest BCUT2D eigenvalue weighted by atomic mass is 32.1. The summed E-state index contributed by atoms with van der Waals surface area (Å²) in [5.74, 6) is -0.295. The Morgan fingerprint density at radius 3 is 2.12 bits per heavy atom. The summed E-state index contributed by atoms with van der Waals surface area (Å²) in [5, 5.41) is 1.85. The highest BCUT2D eigenvalue weighted by molar-refractivity contribution is 7.15. The third-order valence-corrected chi connectivity index (χ3v) is 14.1. The van der Waals surface area contributed by atoms with Gasteiger partial charge in [-0.25, -0.2) is 15.0 Å². The third kappa shape index (κ3) is 13.2. The molecule has 0 aliphatic carbocycles. The van der Waals surface area contributed by atoms with Gasteiger partial charge < -0.3 is 14.5 Å². The largest absolute Gasteiger partial charge is 0.381 e. The fourth-order valence-electron chi connectivity index (χ4n) is 8.27. The van der Waals surface area contributed by atoms with Crippen LogP contribution in [0.3, 0.4) is 0 Å². The predicted octanol–water partition coefficient (Wildman–Crippen LogP) is 12.2. The average Bonchev–Trinajstić information content (AvgIpc) is 4.14. The van der Waals surface area contributed by atoms with Gasteiger partial charge in [0, 0.05) is 51.3 Å². The molecule has 7 rings (SSSR count). The van der Waals surface area contributed by atoms with Gasteiger partial charge in [0.2, 0.25) is 17.7 Å². The Balaban J connectivity index is 0.954. The van der Waals surface area contributed by atoms with Gasteiger partial charge in [-0.05, 0) is 77.8 Å². The van der Waals surface area contributed by atoms with Crippen molar-refractivity contribution in [3.8, 4) is 32.0 Å². The van der Waals surface area contributed by atoms with Crippen molar-refractivity contribution in [2.45, 2.75) is 97.1 Å². The van der Waals surface area contributed by atoms with E-state index in [1.807, 2.05) is 82.9 Å². The van der Waals surface area contributed by atoms with Gasteiger partial charge in [0.05, 0.1) is 34.7 Å². The first-order valence-corrected chi connectivity index (χ1v) is 24.9. The number of hydrogen-bond donors (Lipinski definition) is 0. The van der Waals surface area contributed by atoms with Crippen molar-refractivity contribution in [1.29, 1.82) is 0 Å². The number of aliphatic imine (C=N–C) groups is 1. The smallest absolute Gasteiger partial charge is 0.245 e. The molecule has 3 amide bonds. The van der Waals surface area contributed by atoms with Crippen LogP contribution in [0.2, 0.25) is 0 Å². The van der Waals surface area contributed by atoms with E-state index in [1.54, 1.807) is 28.9 Å². The van der Waals surface area contributed by atoms with Crippen LogP contribution in [-0.4, -0.2) is 70.0 Å². The van der Waals surface area contributed by atoms with Crippen molar-refractivity contribution in [2.24, 2.45) is 10.9 Å². The quantitative estimate of drug-likeness (QED) is 0.0496. The van der Waals surface area contributed by atoms with Gasteiger partial charge >= 0.3 is 0 Å². The molecule has 4 aromatic carbocycles. The van der Waals surface area contributed by atoms with Crippen LogP contribution >= 0.6 is 22.7 Å². The molecule has 2 unspecified atom stereocenters. The zero-order valence-corrected chi connectivity index (χ0v) is 39.6. The zero-order valence-electron chi connectivity index (χ0n) is 37.9. The number of rotatable bonds is 22. The summed E-state index contributed by atoms with van der Waals surface area (Å²) in [4.78, 5) is 60.3. The Labute approximate surface area is 392 Å². The molecule has 0 radical (unpaired) electrons. The van der Waals surface area contributed by atoms with Crippen LogP contribution in [0.15, 0.2) is 127 Å². The molecule has 65 heavy (non-hydrogen) atoms. The summed E-state index contributed by atoms with van der Waals surface area (Å²) in [6.45, 7) is 9.79. The van der Waals surface area contributed by atoms with Crippen molar-refractivity contribution in [2.75, 3.05) is 26.3 Å². The minimum atomic E-state index is -0.653. The molecule has 2 aromatic heterocycles. The summed E-state index contributed by atoms with van der Waals surface area (Å²) >= 11 is 3.27. The van der Waals surface area contributed by atoms with Gasteiger partial charge in [0.1, 0.15) is 10.0 Å². The standard InChI is InChI=1S/C54H61N5O4S2/c1-4-30-58(52(61)34-40-15-8-6-9-16-40)38-51-56-36-48(64-51)44-25-21-41(22-26-44)42-23-27-45(28-24-42)49-37-57-53(65-49)47-19-13-31-59(47)54(62)46(43-17-10-7-11-18-43)35-55-50(60)20-12-14-39(3)29-33-63-32-5-2/h6-11,15-18,21-28,35-37,39,46-47H,4-5,12-14,19-20,29-34,38H2,1-3H3/b55-35+/t39?,46?,47-/m0/s1. The number of carbonyl (C=O) groups is 3. The number of thiazole rings is 2. The minimum absolute atomic E-state index is 0.0523.